The summed E-state index contributed by atoms with van der Waals surface area (Å²) < 4.78 is 12.6. The third kappa shape index (κ3) is 4.06. The van der Waals surface area contributed by atoms with Gasteiger partial charge < -0.3 is 24.1 Å². The van der Waals surface area contributed by atoms with Gasteiger partial charge in [-0.05, 0) is 43.7 Å². The van der Waals surface area contributed by atoms with Crippen molar-refractivity contribution in [3.8, 4) is 5.75 Å². The minimum atomic E-state index is -0.908. The van der Waals surface area contributed by atoms with Crippen molar-refractivity contribution in [2.75, 3.05) is 7.11 Å². The SMILES string of the molecule is COc1cccc(Cn2c(C)c(CNCc3ccco3)c(C(=O)O)c2C)c1. The minimum absolute atomic E-state index is 0.363. The molecule has 2 aromatic heterocycles. The Morgan fingerprint density at radius 2 is 2.00 bits per heavy atom. The number of nitrogens with zero attached hydrogens (tertiary/aromatic N) is 1. The lowest BCUT2D eigenvalue weighted by Crippen LogP contribution is -2.15. The van der Waals surface area contributed by atoms with Gasteiger partial charge in [0.1, 0.15) is 11.5 Å². The smallest absolute Gasteiger partial charge is 0.337 e. The van der Waals surface area contributed by atoms with E-state index in [9.17, 15) is 9.90 Å². The van der Waals surface area contributed by atoms with Crippen molar-refractivity contribution in [2.45, 2.75) is 33.5 Å². The Morgan fingerprint density at radius 3 is 2.67 bits per heavy atom. The van der Waals surface area contributed by atoms with E-state index >= 15 is 0 Å². The van der Waals surface area contributed by atoms with Gasteiger partial charge in [0.05, 0.1) is 25.5 Å². The molecule has 3 rings (SSSR count). The van der Waals surface area contributed by atoms with Crippen LogP contribution < -0.4 is 10.1 Å². The Bertz CT molecular complexity index is 926. The lowest BCUT2D eigenvalue weighted by molar-refractivity contribution is 0.0694. The third-order valence-corrected chi connectivity index (χ3v) is 4.78. The second kappa shape index (κ2) is 8.14. The van der Waals surface area contributed by atoms with Crippen LogP contribution in [0, 0.1) is 13.8 Å². The number of ether oxygens (including phenoxy) is 1. The number of aromatic carboxylic acids is 1. The maximum absolute atomic E-state index is 11.9. The van der Waals surface area contributed by atoms with Gasteiger partial charge >= 0.3 is 5.97 Å². The molecule has 0 bridgehead atoms. The zero-order valence-electron chi connectivity index (χ0n) is 15.8. The van der Waals surface area contributed by atoms with Crippen molar-refractivity contribution >= 4 is 5.97 Å². The molecule has 27 heavy (non-hydrogen) atoms. The number of furan rings is 1. The molecule has 0 saturated carbocycles. The molecule has 0 aliphatic rings. The van der Waals surface area contributed by atoms with Gasteiger partial charge in [-0.25, -0.2) is 4.79 Å². The number of carboxylic acids is 1. The van der Waals surface area contributed by atoms with E-state index in [4.69, 9.17) is 9.15 Å². The average Bonchev–Trinajstić information content (AvgIpc) is 3.24. The molecule has 2 heterocycles. The molecule has 2 N–H and O–H groups in total. The van der Waals surface area contributed by atoms with Gasteiger partial charge in [0.2, 0.25) is 0 Å². The maximum atomic E-state index is 11.9. The van der Waals surface area contributed by atoms with E-state index in [1.165, 1.54) is 0 Å². The fraction of sp³-hybridized carbons (Fsp3) is 0.286. The largest absolute Gasteiger partial charge is 0.497 e. The predicted octanol–water partition coefficient (Wildman–Crippen LogP) is 3.74. The summed E-state index contributed by atoms with van der Waals surface area (Å²) in [7, 11) is 1.64. The lowest BCUT2D eigenvalue weighted by atomic mass is 10.1. The maximum Gasteiger partial charge on any atom is 0.337 e. The van der Waals surface area contributed by atoms with Crippen molar-refractivity contribution in [3.63, 3.8) is 0 Å². The number of benzene rings is 1. The summed E-state index contributed by atoms with van der Waals surface area (Å²) in [5, 5.41) is 13.0. The molecule has 6 nitrogen and oxygen atoms in total. The number of nitrogens with one attached hydrogen (secondary N) is 1. The number of rotatable bonds is 8. The van der Waals surface area contributed by atoms with E-state index in [-0.39, 0.29) is 0 Å². The number of carboxylic acid groups (broad SMARTS) is 1. The first kappa shape index (κ1) is 18.8. The van der Waals surface area contributed by atoms with Crippen LogP contribution in [0.4, 0.5) is 0 Å². The number of aromatic nitrogens is 1. The van der Waals surface area contributed by atoms with Crippen LogP contribution in [-0.4, -0.2) is 22.8 Å². The Balaban J connectivity index is 1.86. The quantitative estimate of drug-likeness (QED) is 0.633. The first-order valence-electron chi connectivity index (χ1n) is 8.79. The molecular formula is C21H24N2O4. The molecule has 0 fully saturated rings. The molecule has 0 saturated heterocycles. The van der Waals surface area contributed by atoms with E-state index in [1.807, 2.05) is 54.8 Å². The van der Waals surface area contributed by atoms with Crippen LogP contribution >= 0.6 is 0 Å². The fourth-order valence-electron chi connectivity index (χ4n) is 3.36. The van der Waals surface area contributed by atoms with Gasteiger partial charge in [-0.15, -0.1) is 0 Å². The molecule has 0 spiro atoms. The molecule has 1 aromatic carbocycles. The van der Waals surface area contributed by atoms with Crippen molar-refractivity contribution in [3.05, 3.63) is 76.5 Å². The lowest BCUT2D eigenvalue weighted by Gasteiger charge is -2.11. The van der Waals surface area contributed by atoms with Gasteiger partial charge in [0.15, 0.2) is 0 Å². The molecule has 0 unspecified atom stereocenters. The molecule has 142 valence electrons. The summed E-state index contributed by atoms with van der Waals surface area (Å²) in [6, 6.07) is 11.5. The first-order valence-corrected chi connectivity index (χ1v) is 8.79. The number of carbonyl (C=O) groups is 1. The fourth-order valence-corrected chi connectivity index (χ4v) is 3.36. The number of methoxy groups -OCH3 is 1. The predicted molar refractivity (Wildman–Crippen MR) is 102 cm³/mol. The topological polar surface area (TPSA) is 76.6 Å². The summed E-state index contributed by atoms with van der Waals surface area (Å²) in [6.45, 7) is 5.41. The summed E-state index contributed by atoms with van der Waals surface area (Å²) in [5.74, 6) is 0.695. The highest BCUT2D eigenvalue weighted by atomic mass is 16.5. The second-order valence-corrected chi connectivity index (χ2v) is 6.45. The van der Waals surface area contributed by atoms with Crippen LogP contribution in [0.15, 0.2) is 47.1 Å². The van der Waals surface area contributed by atoms with E-state index in [0.29, 0.717) is 25.2 Å². The third-order valence-electron chi connectivity index (χ3n) is 4.78. The number of hydrogen-bond donors (Lipinski definition) is 2. The van der Waals surface area contributed by atoms with Gasteiger partial charge in [0.25, 0.3) is 0 Å². The van der Waals surface area contributed by atoms with Crippen LogP contribution in [0.2, 0.25) is 0 Å². The number of hydrogen-bond acceptors (Lipinski definition) is 4. The Kier molecular flexibility index (Phi) is 5.66. The van der Waals surface area contributed by atoms with E-state index in [2.05, 4.69) is 5.32 Å². The summed E-state index contributed by atoms with van der Waals surface area (Å²) >= 11 is 0. The van der Waals surface area contributed by atoms with E-state index in [0.717, 1.165) is 34.0 Å². The molecule has 6 heteroatoms. The minimum Gasteiger partial charge on any atom is -0.497 e. The zero-order valence-corrected chi connectivity index (χ0v) is 15.8. The van der Waals surface area contributed by atoms with Gasteiger partial charge in [-0.3, -0.25) is 0 Å². The standard InChI is InChI=1S/C21H24N2O4/c1-14-19(12-22-11-18-8-5-9-27-18)20(21(24)25)15(2)23(14)13-16-6-4-7-17(10-16)26-3/h4-10,22H,11-13H2,1-3H3,(H,24,25). The van der Waals surface area contributed by atoms with E-state index < -0.39 is 5.97 Å². The Labute approximate surface area is 158 Å². The zero-order chi connectivity index (χ0) is 19.4. The summed E-state index contributed by atoms with van der Waals surface area (Å²) in [5.41, 5.74) is 3.91. The molecule has 0 aliphatic heterocycles. The highest BCUT2D eigenvalue weighted by Crippen LogP contribution is 2.25. The summed E-state index contributed by atoms with van der Waals surface area (Å²) in [4.78, 5) is 11.9. The molecule has 0 aliphatic carbocycles. The van der Waals surface area contributed by atoms with Crippen molar-refractivity contribution in [1.29, 1.82) is 0 Å². The first-order chi connectivity index (χ1) is 13.0. The highest BCUT2D eigenvalue weighted by Gasteiger charge is 2.22. The van der Waals surface area contributed by atoms with Crippen molar-refractivity contribution < 1.29 is 19.1 Å². The molecular weight excluding hydrogens is 344 g/mol. The molecule has 0 amide bonds. The van der Waals surface area contributed by atoms with Crippen molar-refractivity contribution in [2.24, 2.45) is 0 Å². The summed E-state index contributed by atoms with van der Waals surface area (Å²) in [6.07, 6.45) is 1.62. The van der Waals surface area contributed by atoms with Gasteiger partial charge in [-0.1, -0.05) is 12.1 Å². The Morgan fingerprint density at radius 1 is 1.19 bits per heavy atom. The monoisotopic (exact) mass is 368 g/mol. The second-order valence-electron chi connectivity index (χ2n) is 6.45. The average molecular weight is 368 g/mol. The van der Waals surface area contributed by atoms with Gasteiger partial charge in [-0.2, -0.15) is 0 Å². The molecule has 0 radical (unpaired) electrons. The van der Waals surface area contributed by atoms with Crippen LogP contribution in [0.5, 0.6) is 5.75 Å². The van der Waals surface area contributed by atoms with Crippen molar-refractivity contribution in [1.82, 2.24) is 9.88 Å². The van der Waals surface area contributed by atoms with Crippen LogP contribution in [0.1, 0.15) is 38.6 Å². The van der Waals surface area contributed by atoms with Gasteiger partial charge in [0, 0.05) is 30.0 Å². The van der Waals surface area contributed by atoms with Crippen LogP contribution in [-0.2, 0) is 19.6 Å². The van der Waals surface area contributed by atoms with E-state index in [1.54, 1.807) is 13.4 Å². The molecule has 3 aromatic rings. The highest BCUT2D eigenvalue weighted by molar-refractivity contribution is 5.91. The Hall–Kier alpha value is -2.99. The van der Waals surface area contributed by atoms with Crippen LogP contribution in [0.3, 0.4) is 0 Å². The normalized spacial score (nSPS) is 10.9. The van der Waals surface area contributed by atoms with Crippen LogP contribution in [0.25, 0.3) is 0 Å². The molecule has 0 atom stereocenters.